The summed E-state index contributed by atoms with van der Waals surface area (Å²) in [4.78, 5) is 22.2. The highest BCUT2D eigenvalue weighted by atomic mass is 19.4. The lowest BCUT2D eigenvalue weighted by Crippen LogP contribution is -2.30. The van der Waals surface area contributed by atoms with Crippen LogP contribution in [0, 0.1) is 0 Å². The van der Waals surface area contributed by atoms with Crippen molar-refractivity contribution >= 4 is 23.2 Å². The van der Waals surface area contributed by atoms with Crippen LogP contribution < -0.4 is 20.1 Å². The van der Waals surface area contributed by atoms with Crippen molar-refractivity contribution in [1.29, 1.82) is 0 Å². The number of rotatable bonds is 5. The van der Waals surface area contributed by atoms with E-state index in [9.17, 15) is 35.9 Å². The number of amides is 2. The molecule has 0 bridgehead atoms. The Labute approximate surface area is 165 Å². The van der Waals surface area contributed by atoms with Crippen molar-refractivity contribution in [2.75, 3.05) is 24.9 Å². The van der Waals surface area contributed by atoms with E-state index >= 15 is 0 Å². The Morgan fingerprint density at radius 3 is 1.30 bits per heavy atom. The number of hydrogen-bond donors (Lipinski definition) is 2. The predicted molar refractivity (Wildman–Crippen MR) is 94.4 cm³/mol. The van der Waals surface area contributed by atoms with Crippen molar-refractivity contribution in [2.24, 2.45) is 0 Å². The Bertz CT molecular complexity index is 879. The molecule has 162 valence electrons. The standard InChI is InChI=1S/C18H14F6N2O4/c1-29-13-7-9(3-5-11(13)25-15(27)17(19,20)21)10-4-6-12(14(8-10)30-2)26-16(28)18(22,23)24/h3-8H,1-2H3,(H,25,27)(H,26,28). The molecular formula is C18H14F6N2O4. The van der Waals surface area contributed by atoms with Gasteiger partial charge in [-0.05, 0) is 35.4 Å². The molecule has 2 N–H and O–H groups in total. The lowest BCUT2D eigenvalue weighted by atomic mass is 10.0. The Hall–Kier alpha value is -3.44. The number of nitrogens with one attached hydrogen (secondary N) is 2. The molecule has 0 unspecified atom stereocenters. The van der Waals surface area contributed by atoms with E-state index < -0.39 is 24.2 Å². The van der Waals surface area contributed by atoms with Crippen molar-refractivity contribution in [3.8, 4) is 22.6 Å². The zero-order valence-corrected chi connectivity index (χ0v) is 15.4. The second kappa shape index (κ2) is 8.51. The fourth-order valence-electron chi connectivity index (χ4n) is 2.33. The first-order valence-corrected chi connectivity index (χ1v) is 7.99. The smallest absolute Gasteiger partial charge is 0.471 e. The number of hydrogen-bond acceptors (Lipinski definition) is 4. The average Bonchev–Trinajstić information content (AvgIpc) is 2.67. The zero-order valence-electron chi connectivity index (χ0n) is 15.4. The SMILES string of the molecule is COc1cc(-c2ccc(NC(=O)C(F)(F)F)c(OC)c2)ccc1NC(=O)C(F)(F)F. The molecule has 0 fully saturated rings. The van der Waals surface area contributed by atoms with Gasteiger partial charge in [0.05, 0.1) is 25.6 Å². The van der Waals surface area contributed by atoms with Gasteiger partial charge in [0.25, 0.3) is 0 Å². The normalized spacial score (nSPS) is 11.6. The number of methoxy groups -OCH3 is 2. The van der Waals surface area contributed by atoms with Gasteiger partial charge in [-0.3, -0.25) is 9.59 Å². The summed E-state index contributed by atoms with van der Waals surface area (Å²) in [5.74, 6) is -4.53. The topological polar surface area (TPSA) is 76.7 Å². The van der Waals surface area contributed by atoms with Gasteiger partial charge in [0.2, 0.25) is 0 Å². The molecule has 2 aromatic rings. The van der Waals surface area contributed by atoms with Gasteiger partial charge >= 0.3 is 24.2 Å². The number of carbonyl (C=O) groups excluding carboxylic acids is 2. The van der Waals surface area contributed by atoms with Crippen LogP contribution in [0.4, 0.5) is 37.7 Å². The number of halogens is 6. The second-order valence-electron chi connectivity index (χ2n) is 5.73. The molecule has 0 spiro atoms. The molecule has 0 aliphatic carbocycles. The average molecular weight is 436 g/mol. The molecule has 6 nitrogen and oxygen atoms in total. The number of benzene rings is 2. The predicted octanol–water partition coefficient (Wildman–Crippen LogP) is 4.37. The maximum absolute atomic E-state index is 12.4. The Balaban J connectivity index is 2.35. The molecule has 0 saturated carbocycles. The molecule has 0 aliphatic heterocycles. The van der Waals surface area contributed by atoms with Gasteiger partial charge in [0, 0.05) is 0 Å². The summed E-state index contributed by atoms with van der Waals surface area (Å²) in [6, 6.07) is 7.69. The van der Waals surface area contributed by atoms with Crippen LogP contribution >= 0.6 is 0 Å². The number of anilines is 2. The fraction of sp³-hybridized carbons (Fsp3) is 0.222. The minimum absolute atomic E-state index is 0.0847. The summed E-state index contributed by atoms with van der Waals surface area (Å²) in [7, 11) is 2.36. The van der Waals surface area contributed by atoms with Gasteiger partial charge in [0.1, 0.15) is 11.5 Å². The second-order valence-corrected chi connectivity index (χ2v) is 5.73. The summed E-state index contributed by atoms with van der Waals surface area (Å²) in [5, 5.41) is 3.36. The highest BCUT2D eigenvalue weighted by molar-refractivity contribution is 5.97. The highest BCUT2D eigenvalue weighted by Crippen LogP contribution is 2.36. The van der Waals surface area contributed by atoms with Crippen molar-refractivity contribution in [3.63, 3.8) is 0 Å². The van der Waals surface area contributed by atoms with Gasteiger partial charge in [0.15, 0.2) is 0 Å². The van der Waals surface area contributed by atoms with Gasteiger partial charge in [-0.15, -0.1) is 0 Å². The third kappa shape index (κ3) is 5.33. The molecule has 0 aromatic heterocycles. The van der Waals surface area contributed by atoms with Crippen LogP contribution in [0.2, 0.25) is 0 Å². The van der Waals surface area contributed by atoms with Crippen LogP contribution in [-0.2, 0) is 9.59 Å². The molecular weight excluding hydrogens is 422 g/mol. The van der Waals surface area contributed by atoms with Crippen LogP contribution in [0.5, 0.6) is 11.5 Å². The van der Waals surface area contributed by atoms with Crippen LogP contribution in [0.1, 0.15) is 0 Å². The van der Waals surface area contributed by atoms with Gasteiger partial charge in [-0.1, -0.05) is 12.1 Å². The Kier molecular flexibility index (Phi) is 6.48. The van der Waals surface area contributed by atoms with Gasteiger partial charge in [-0.25, -0.2) is 0 Å². The number of carbonyl (C=O) groups is 2. The lowest BCUT2D eigenvalue weighted by molar-refractivity contribution is -0.167. The van der Waals surface area contributed by atoms with Crippen LogP contribution in [0.15, 0.2) is 36.4 Å². The van der Waals surface area contributed by atoms with Crippen LogP contribution in [0.25, 0.3) is 11.1 Å². The monoisotopic (exact) mass is 436 g/mol. The Morgan fingerprint density at radius 2 is 1.03 bits per heavy atom. The quantitative estimate of drug-likeness (QED) is 0.683. The number of alkyl halides is 6. The molecule has 12 heteroatoms. The van der Waals surface area contributed by atoms with Gasteiger partial charge in [-0.2, -0.15) is 26.3 Å². The van der Waals surface area contributed by atoms with Crippen molar-refractivity contribution in [1.82, 2.24) is 0 Å². The van der Waals surface area contributed by atoms with Gasteiger partial charge < -0.3 is 20.1 Å². The minimum atomic E-state index is -5.09. The van der Waals surface area contributed by atoms with Crippen molar-refractivity contribution in [3.05, 3.63) is 36.4 Å². The van der Waals surface area contributed by atoms with E-state index in [0.29, 0.717) is 11.1 Å². The lowest BCUT2D eigenvalue weighted by Gasteiger charge is -2.15. The first-order valence-electron chi connectivity index (χ1n) is 7.99. The molecule has 2 rings (SSSR count). The molecule has 0 aliphatic rings. The molecule has 2 aromatic carbocycles. The summed E-state index contributed by atoms with van der Waals surface area (Å²) < 4.78 is 84.6. The van der Waals surface area contributed by atoms with Crippen LogP contribution in [-0.4, -0.2) is 38.4 Å². The molecule has 0 saturated heterocycles. The third-order valence-corrected chi connectivity index (χ3v) is 3.75. The van der Waals surface area contributed by atoms with E-state index in [4.69, 9.17) is 9.47 Å². The molecule has 30 heavy (non-hydrogen) atoms. The van der Waals surface area contributed by atoms with E-state index in [2.05, 4.69) is 0 Å². The maximum atomic E-state index is 12.4. The van der Waals surface area contributed by atoms with Crippen molar-refractivity contribution < 1.29 is 45.4 Å². The first kappa shape index (κ1) is 22.8. The van der Waals surface area contributed by atoms with E-state index in [1.807, 2.05) is 0 Å². The van der Waals surface area contributed by atoms with E-state index in [1.165, 1.54) is 50.6 Å². The molecule has 0 radical (unpaired) electrons. The fourth-order valence-corrected chi connectivity index (χ4v) is 2.33. The summed E-state index contributed by atoms with van der Waals surface area (Å²) in [6.07, 6.45) is -10.2. The molecule has 0 atom stereocenters. The number of ether oxygens (including phenoxy) is 2. The zero-order chi connectivity index (χ0) is 22.7. The summed E-state index contributed by atoms with van der Waals surface area (Å²) in [6.45, 7) is 0. The molecule has 0 heterocycles. The van der Waals surface area contributed by atoms with Crippen LogP contribution in [0.3, 0.4) is 0 Å². The third-order valence-electron chi connectivity index (χ3n) is 3.75. The summed E-state index contributed by atoms with van der Waals surface area (Å²) >= 11 is 0. The van der Waals surface area contributed by atoms with Crippen molar-refractivity contribution in [2.45, 2.75) is 12.4 Å². The summed E-state index contributed by atoms with van der Waals surface area (Å²) in [5.41, 5.74) is 0.321. The molecule has 2 amide bonds. The highest BCUT2D eigenvalue weighted by Gasteiger charge is 2.39. The first-order chi connectivity index (χ1) is 13.9. The largest absolute Gasteiger partial charge is 0.495 e. The van der Waals surface area contributed by atoms with E-state index in [-0.39, 0.29) is 22.9 Å². The van der Waals surface area contributed by atoms with E-state index in [0.717, 1.165) is 0 Å². The maximum Gasteiger partial charge on any atom is 0.471 e. The Morgan fingerprint density at radius 1 is 0.700 bits per heavy atom. The minimum Gasteiger partial charge on any atom is -0.495 e. The van der Waals surface area contributed by atoms with E-state index in [1.54, 1.807) is 10.6 Å².